The molecule has 2 aromatic rings. The second-order valence-electron chi connectivity index (χ2n) is 7.25. The van der Waals surface area contributed by atoms with Crippen LogP contribution in [0.1, 0.15) is 27.5 Å². The van der Waals surface area contributed by atoms with E-state index in [4.69, 9.17) is 9.84 Å². The number of esters is 1. The summed E-state index contributed by atoms with van der Waals surface area (Å²) in [7, 11) is 1.24. The number of nitro groups is 1. The van der Waals surface area contributed by atoms with Crippen molar-refractivity contribution in [3.8, 4) is 0 Å². The van der Waals surface area contributed by atoms with Gasteiger partial charge in [0, 0.05) is 24.2 Å². The van der Waals surface area contributed by atoms with E-state index < -0.39 is 34.4 Å². The number of nitro benzene ring substituents is 1. The van der Waals surface area contributed by atoms with Crippen molar-refractivity contribution < 1.29 is 39.0 Å². The molecule has 2 aromatic carbocycles. The van der Waals surface area contributed by atoms with E-state index >= 15 is 0 Å². The minimum Gasteiger partial charge on any atom is -0.507 e. The molecule has 1 saturated heterocycles. The number of non-ortho nitro benzene ring substituents is 1. The predicted molar refractivity (Wildman–Crippen MR) is 118 cm³/mol. The number of ether oxygens (including phenoxy) is 2. The number of likely N-dealkylation sites (tertiary alicyclic amines) is 1. The number of hydrogen-bond acceptors (Lipinski definition) is 9. The molecule has 0 aliphatic carbocycles. The number of carbonyl (C=O) groups is 3. The Kier molecular flexibility index (Phi) is 7.71. The largest absolute Gasteiger partial charge is 0.507 e. The number of Topliss-reactive ketones (excluding diaryl/α,β-unsaturated/α-hetero) is 1. The van der Waals surface area contributed by atoms with Crippen LogP contribution in [0.25, 0.3) is 5.76 Å². The van der Waals surface area contributed by atoms with Crippen LogP contribution < -0.4 is 0 Å². The number of aliphatic hydroxyl groups excluding tert-OH is 2. The van der Waals surface area contributed by atoms with Crippen molar-refractivity contribution >= 4 is 29.1 Å². The van der Waals surface area contributed by atoms with Crippen molar-refractivity contribution in [3.05, 3.63) is 80.9 Å². The first-order chi connectivity index (χ1) is 16.3. The third kappa shape index (κ3) is 4.95. The average Bonchev–Trinajstić information content (AvgIpc) is 3.10. The van der Waals surface area contributed by atoms with E-state index in [2.05, 4.69) is 4.74 Å². The average molecular weight is 470 g/mol. The Bertz CT molecular complexity index is 1120. The number of rotatable bonds is 9. The van der Waals surface area contributed by atoms with E-state index in [0.717, 1.165) is 0 Å². The van der Waals surface area contributed by atoms with E-state index in [-0.39, 0.29) is 48.8 Å². The van der Waals surface area contributed by atoms with Gasteiger partial charge in [0.05, 0.1) is 49.0 Å². The Labute approximate surface area is 194 Å². The van der Waals surface area contributed by atoms with Crippen LogP contribution in [-0.2, 0) is 19.1 Å². The van der Waals surface area contributed by atoms with Crippen LogP contribution in [0.4, 0.5) is 5.69 Å². The van der Waals surface area contributed by atoms with Gasteiger partial charge in [0.15, 0.2) is 0 Å². The Morgan fingerprint density at radius 2 is 1.68 bits per heavy atom. The molecule has 1 aliphatic rings. The Morgan fingerprint density at radius 3 is 2.24 bits per heavy atom. The summed E-state index contributed by atoms with van der Waals surface area (Å²) in [5.41, 5.74) is 0.415. The highest BCUT2D eigenvalue weighted by Gasteiger charge is 2.45. The minimum absolute atomic E-state index is 0.00889. The normalized spacial score (nSPS) is 17.1. The topological polar surface area (TPSA) is 157 Å². The van der Waals surface area contributed by atoms with E-state index in [9.17, 15) is 29.6 Å². The quantitative estimate of drug-likeness (QED) is 0.106. The minimum atomic E-state index is -1.00. The number of ketones is 1. The molecule has 0 saturated carbocycles. The fourth-order valence-corrected chi connectivity index (χ4v) is 3.60. The fourth-order valence-electron chi connectivity index (χ4n) is 3.60. The lowest BCUT2D eigenvalue weighted by Crippen LogP contribution is -2.33. The lowest BCUT2D eigenvalue weighted by atomic mass is 9.94. The maximum atomic E-state index is 12.9. The predicted octanol–water partition coefficient (Wildman–Crippen LogP) is 1.81. The summed E-state index contributed by atoms with van der Waals surface area (Å²) in [5.74, 6) is -2.85. The van der Waals surface area contributed by atoms with Crippen LogP contribution in [0.15, 0.2) is 54.1 Å². The summed E-state index contributed by atoms with van der Waals surface area (Å²) in [6, 6.07) is 9.92. The highest BCUT2D eigenvalue weighted by atomic mass is 16.6. The standard InChI is InChI=1S/C23H22N2O9/c1-33-23(30)16-4-2-14(3-5-16)19-18(20(27)15-6-8-17(9-7-15)25(31)32)21(28)22(29)24(19)10-12-34-13-11-26/h2-9,19,26-27H,10-13H2,1H3/t19-/m1/s1. The van der Waals surface area contributed by atoms with E-state index in [1.807, 2.05) is 0 Å². The SMILES string of the molecule is COC(=O)c1ccc([C@@H]2C(=C(O)c3ccc([N+](=O)[O-])cc3)C(=O)C(=O)N2CCOCCO)cc1. The molecule has 1 heterocycles. The molecule has 1 atom stereocenters. The summed E-state index contributed by atoms with van der Waals surface area (Å²) in [6.45, 7) is -0.143. The molecule has 11 nitrogen and oxygen atoms in total. The second kappa shape index (κ2) is 10.7. The zero-order valence-corrected chi connectivity index (χ0v) is 18.2. The molecule has 1 fully saturated rings. The van der Waals surface area contributed by atoms with Gasteiger partial charge in [-0.25, -0.2) is 4.79 Å². The van der Waals surface area contributed by atoms with Crippen LogP contribution >= 0.6 is 0 Å². The second-order valence-corrected chi connectivity index (χ2v) is 7.25. The molecule has 1 amide bonds. The highest BCUT2D eigenvalue weighted by molar-refractivity contribution is 6.46. The van der Waals surface area contributed by atoms with Gasteiger partial charge in [-0.05, 0) is 29.8 Å². The summed E-state index contributed by atoms with van der Waals surface area (Å²) in [5, 5.41) is 30.8. The van der Waals surface area contributed by atoms with Gasteiger partial charge in [-0.1, -0.05) is 12.1 Å². The number of aliphatic hydroxyl groups is 2. The number of amides is 1. The van der Waals surface area contributed by atoms with Gasteiger partial charge in [-0.3, -0.25) is 19.7 Å². The van der Waals surface area contributed by atoms with Crippen molar-refractivity contribution in [2.75, 3.05) is 33.5 Å². The molecule has 2 N–H and O–H groups in total. The van der Waals surface area contributed by atoms with Gasteiger partial charge in [0.1, 0.15) is 5.76 Å². The van der Waals surface area contributed by atoms with E-state index in [1.54, 1.807) is 0 Å². The summed E-state index contributed by atoms with van der Waals surface area (Å²) in [4.78, 5) is 49.1. The molecule has 3 rings (SSSR count). The molecule has 34 heavy (non-hydrogen) atoms. The van der Waals surface area contributed by atoms with Crippen LogP contribution in [-0.4, -0.2) is 71.2 Å². The first-order valence-electron chi connectivity index (χ1n) is 10.2. The Hall–Kier alpha value is -4.09. The van der Waals surface area contributed by atoms with Crippen LogP contribution in [0.3, 0.4) is 0 Å². The summed E-state index contributed by atoms with van der Waals surface area (Å²) >= 11 is 0. The molecule has 0 radical (unpaired) electrons. The number of carbonyl (C=O) groups excluding carboxylic acids is 3. The Balaban J connectivity index is 2.06. The van der Waals surface area contributed by atoms with Crippen LogP contribution in [0, 0.1) is 10.1 Å². The van der Waals surface area contributed by atoms with E-state index in [1.165, 1.54) is 60.5 Å². The monoisotopic (exact) mass is 470 g/mol. The van der Waals surface area contributed by atoms with Gasteiger partial charge < -0.3 is 24.6 Å². The molecular formula is C23H22N2O9. The van der Waals surface area contributed by atoms with Crippen LogP contribution in [0.5, 0.6) is 0 Å². The van der Waals surface area contributed by atoms with Crippen LogP contribution in [0.2, 0.25) is 0 Å². The molecule has 0 aromatic heterocycles. The van der Waals surface area contributed by atoms with Gasteiger partial charge in [-0.15, -0.1) is 0 Å². The molecular weight excluding hydrogens is 448 g/mol. The molecule has 0 bridgehead atoms. The smallest absolute Gasteiger partial charge is 0.337 e. The lowest BCUT2D eigenvalue weighted by molar-refractivity contribution is -0.384. The third-order valence-corrected chi connectivity index (χ3v) is 5.25. The molecule has 178 valence electrons. The maximum Gasteiger partial charge on any atom is 0.337 e. The zero-order valence-electron chi connectivity index (χ0n) is 18.2. The van der Waals surface area contributed by atoms with Gasteiger partial charge >= 0.3 is 5.97 Å². The third-order valence-electron chi connectivity index (χ3n) is 5.25. The molecule has 1 aliphatic heterocycles. The first kappa shape index (κ1) is 24.6. The molecule has 0 spiro atoms. The lowest BCUT2D eigenvalue weighted by Gasteiger charge is -2.25. The van der Waals surface area contributed by atoms with Crippen molar-refractivity contribution in [1.29, 1.82) is 0 Å². The van der Waals surface area contributed by atoms with Gasteiger partial charge in [0.25, 0.3) is 17.4 Å². The molecule has 0 unspecified atom stereocenters. The van der Waals surface area contributed by atoms with Gasteiger partial charge in [0.2, 0.25) is 0 Å². The number of methoxy groups -OCH3 is 1. The maximum absolute atomic E-state index is 12.9. The Morgan fingerprint density at radius 1 is 1.06 bits per heavy atom. The number of hydrogen-bond donors (Lipinski definition) is 2. The van der Waals surface area contributed by atoms with Gasteiger partial charge in [-0.2, -0.15) is 0 Å². The van der Waals surface area contributed by atoms with Crippen molar-refractivity contribution in [2.24, 2.45) is 0 Å². The molecule has 11 heteroatoms. The van der Waals surface area contributed by atoms with Crippen molar-refractivity contribution in [3.63, 3.8) is 0 Å². The summed E-state index contributed by atoms with van der Waals surface area (Å²) in [6.07, 6.45) is 0. The number of nitrogens with zero attached hydrogens (tertiary/aromatic N) is 2. The first-order valence-corrected chi connectivity index (χ1v) is 10.2. The fraction of sp³-hybridized carbons (Fsp3) is 0.261. The van der Waals surface area contributed by atoms with E-state index in [0.29, 0.717) is 5.56 Å². The van der Waals surface area contributed by atoms with Crippen molar-refractivity contribution in [2.45, 2.75) is 6.04 Å². The highest BCUT2D eigenvalue weighted by Crippen LogP contribution is 2.39. The number of benzene rings is 2. The summed E-state index contributed by atoms with van der Waals surface area (Å²) < 4.78 is 9.92. The van der Waals surface area contributed by atoms with Crippen molar-refractivity contribution in [1.82, 2.24) is 4.90 Å². The zero-order chi connectivity index (χ0) is 24.8.